The predicted octanol–water partition coefficient (Wildman–Crippen LogP) is 1.87. The van der Waals surface area contributed by atoms with E-state index in [1.54, 1.807) is 0 Å². The Morgan fingerprint density at radius 2 is 1.95 bits per heavy atom. The lowest BCUT2D eigenvalue weighted by molar-refractivity contribution is 0.242. The first-order valence-electron chi connectivity index (χ1n) is 6.94. The van der Waals surface area contributed by atoms with E-state index in [1.807, 2.05) is 42.8 Å². The molecule has 6 nitrogen and oxygen atoms in total. The molecule has 1 heterocycles. The number of tetrazole rings is 1. The lowest BCUT2D eigenvalue weighted by Gasteiger charge is -2.10. The molecule has 0 saturated heterocycles. The number of nitrogens with two attached hydrogens (primary N) is 1. The zero-order chi connectivity index (χ0) is 14.4. The summed E-state index contributed by atoms with van der Waals surface area (Å²) in [4.78, 5) is 0. The molecule has 0 saturated carbocycles. The number of benzene rings is 1. The van der Waals surface area contributed by atoms with Crippen molar-refractivity contribution in [2.75, 3.05) is 6.54 Å². The maximum Gasteiger partial charge on any atom is 0.182 e. The summed E-state index contributed by atoms with van der Waals surface area (Å²) >= 11 is 0. The van der Waals surface area contributed by atoms with E-state index in [2.05, 4.69) is 15.5 Å². The summed E-state index contributed by atoms with van der Waals surface area (Å²) in [5.74, 6) is 1.63. The van der Waals surface area contributed by atoms with Crippen molar-refractivity contribution in [1.29, 1.82) is 0 Å². The van der Waals surface area contributed by atoms with Gasteiger partial charge in [-0.05, 0) is 67.9 Å². The molecule has 0 amide bonds. The van der Waals surface area contributed by atoms with Crippen LogP contribution in [0.15, 0.2) is 24.3 Å². The highest BCUT2D eigenvalue weighted by atomic mass is 16.5. The van der Waals surface area contributed by atoms with Gasteiger partial charge >= 0.3 is 0 Å². The minimum atomic E-state index is 0.169. The first kappa shape index (κ1) is 14.5. The van der Waals surface area contributed by atoms with Gasteiger partial charge in [0.15, 0.2) is 5.82 Å². The van der Waals surface area contributed by atoms with Gasteiger partial charge in [0.2, 0.25) is 0 Å². The molecule has 1 aromatic heterocycles. The number of aryl methyl sites for hydroxylation is 1. The smallest absolute Gasteiger partial charge is 0.182 e. The lowest BCUT2D eigenvalue weighted by Crippen LogP contribution is -2.07. The van der Waals surface area contributed by atoms with Gasteiger partial charge in [-0.15, -0.1) is 5.10 Å². The lowest BCUT2D eigenvalue weighted by atomic mass is 10.2. The molecule has 1 aromatic carbocycles. The maximum absolute atomic E-state index is 5.62. The van der Waals surface area contributed by atoms with Crippen molar-refractivity contribution < 1.29 is 4.74 Å². The molecule has 0 aliphatic rings. The van der Waals surface area contributed by atoms with Crippen molar-refractivity contribution >= 4 is 0 Å². The van der Waals surface area contributed by atoms with Crippen LogP contribution >= 0.6 is 0 Å². The number of unbranched alkanes of at least 4 members (excludes halogenated alkanes) is 1. The SMILES string of the molecule is CC(C)Oc1ccc(-c2nnnn2CCCCN)cc1. The Labute approximate surface area is 118 Å². The van der Waals surface area contributed by atoms with Crippen LogP contribution in [-0.4, -0.2) is 32.9 Å². The summed E-state index contributed by atoms with van der Waals surface area (Å²) in [6.07, 6.45) is 2.12. The molecule has 0 aliphatic heterocycles. The first-order valence-corrected chi connectivity index (χ1v) is 6.94. The van der Waals surface area contributed by atoms with Crippen molar-refractivity contribution in [2.24, 2.45) is 5.73 Å². The van der Waals surface area contributed by atoms with Crippen molar-refractivity contribution in [2.45, 2.75) is 39.3 Å². The summed E-state index contributed by atoms with van der Waals surface area (Å²) in [7, 11) is 0. The fourth-order valence-electron chi connectivity index (χ4n) is 1.92. The quantitative estimate of drug-likeness (QED) is 0.780. The van der Waals surface area contributed by atoms with Crippen LogP contribution < -0.4 is 10.5 Å². The zero-order valence-corrected chi connectivity index (χ0v) is 12.0. The molecule has 0 atom stereocenters. The van der Waals surface area contributed by atoms with E-state index >= 15 is 0 Å². The van der Waals surface area contributed by atoms with Gasteiger partial charge in [-0.1, -0.05) is 0 Å². The Morgan fingerprint density at radius 1 is 1.20 bits per heavy atom. The second-order valence-electron chi connectivity index (χ2n) is 4.91. The average molecular weight is 275 g/mol. The minimum Gasteiger partial charge on any atom is -0.491 e. The molecule has 0 radical (unpaired) electrons. The van der Waals surface area contributed by atoms with Crippen LogP contribution in [0.25, 0.3) is 11.4 Å². The van der Waals surface area contributed by atoms with Crippen molar-refractivity contribution in [3.8, 4) is 17.1 Å². The summed E-state index contributed by atoms with van der Waals surface area (Å²) in [6, 6.07) is 7.83. The average Bonchev–Trinajstić information content (AvgIpc) is 2.88. The third kappa shape index (κ3) is 3.77. The molecule has 0 fully saturated rings. The van der Waals surface area contributed by atoms with Gasteiger partial charge in [0.1, 0.15) is 5.75 Å². The Bertz CT molecular complexity index is 521. The van der Waals surface area contributed by atoms with Gasteiger partial charge in [-0.25, -0.2) is 4.68 Å². The van der Waals surface area contributed by atoms with E-state index in [9.17, 15) is 0 Å². The Morgan fingerprint density at radius 3 is 2.60 bits per heavy atom. The fourth-order valence-corrected chi connectivity index (χ4v) is 1.92. The third-order valence-corrected chi connectivity index (χ3v) is 2.84. The van der Waals surface area contributed by atoms with Crippen molar-refractivity contribution in [3.63, 3.8) is 0 Å². The Hall–Kier alpha value is -1.95. The first-order chi connectivity index (χ1) is 9.70. The van der Waals surface area contributed by atoms with Crippen LogP contribution in [-0.2, 0) is 6.54 Å². The molecule has 2 rings (SSSR count). The van der Waals surface area contributed by atoms with E-state index < -0.39 is 0 Å². The normalized spacial score (nSPS) is 11.0. The van der Waals surface area contributed by atoms with Gasteiger partial charge in [0.05, 0.1) is 6.10 Å². The van der Waals surface area contributed by atoms with Gasteiger partial charge in [0, 0.05) is 12.1 Å². The van der Waals surface area contributed by atoms with Gasteiger partial charge in [0.25, 0.3) is 0 Å². The number of ether oxygens (including phenoxy) is 1. The zero-order valence-electron chi connectivity index (χ0n) is 12.0. The molecule has 6 heteroatoms. The molecule has 20 heavy (non-hydrogen) atoms. The van der Waals surface area contributed by atoms with Crippen LogP contribution in [0.1, 0.15) is 26.7 Å². The number of rotatable bonds is 7. The minimum absolute atomic E-state index is 0.169. The molecule has 0 spiro atoms. The van der Waals surface area contributed by atoms with E-state index in [1.165, 1.54) is 0 Å². The van der Waals surface area contributed by atoms with E-state index in [-0.39, 0.29) is 6.10 Å². The predicted molar refractivity (Wildman–Crippen MR) is 77.3 cm³/mol. The molecule has 0 unspecified atom stereocenters. The van der Waals surface area contributed by atoms with E-state index in [0.29, 0.717) is 6.54 Å². The monoisotopic (exact) mass is 275 g/mol. The van der Waals surface area contributed by atoms with Crippen LogP contribution in [0.3, 0.4) is 0 Å². The second kappa shape index (κ2) is 7.00. The fraction of sp³-hybridized carbons (Fsp3) is 0.500. The van der Waals surface area contributed by atoms with Crippen LogP contribution in [0.5, 0.6) is 5.75 Å². The van der Waals surface area contributed by atoms with Gasteiger partial charge in [-0.3, -0.25) is 0 Å². The van der Waals surface area contributed by atoms with E-state index in [0.717, 1.165) is 36.5 Å². The number of nitrogens with zero attached hydrogens (tertiary/aromatic N) is 4. The standard InChI is InChI=1S/C14H21N5O/c1-11(2)20-13-7-5-12(6-8-13)14-16-17-18-19(14)10-4-3-9-15/h5-8,11H,3-4,9-10,15H2,1-2H3. The molecular formula is C14H21N5O. The molecule has 0 bridgehead atoms. The highest BCUT2D eigenvalue weighted by Crippen LogP contribution is 2.20. The Balaban J connectivity index is 2.09. The highest BCUT2D eigenvalue weighted by molar-refractivity contribution is 5.55. The van der Waals surface area contributed by atoms with Crippen LogP contribution in [0.4, 0.5) is 0 Å². The summed E-state index contributed by atoms with van der Waals surface area (Å²) in [6.45, 7) is 5.49. The molecular weight excluding hydrogens is 254 g/mol. The highest BCUT2D eigenvalue weighted by Gasteiger charge is 2.08. The maximum atomic E-state index is 5.62. The van der Waals surface area contributed by atoms with E-state index in [4.69, 9.17) is 10.5 Å². The summed E-state index contributed by atoms with van der Waals surface area (Å²) < 4.78 is 7.44. The Kier molecular flexibility index (Phi) is 5.06. The van der Waals surface area contributed by atoms with Gasteiger partial charge in [-0.2, -0.15) is 0 Å². The van der Waals surface area contributed by atoms with Crippen molar-refractivity contribution in [1.82, 2.24) is 20.2 Å². The van der Waals surface area contributed by atoms with Crippen molar-refractivity contribution in [3.05, 3.63) is 24.3 Å². The third-order valence-electron chi connectivity index (χ3n) is 2.84. The van der Waals surface area contributed by atoms with Gasteiger partial charge < -0.3 is 10.5 Å². The molecule has 2 N–H and O–H groups in total. The topological polar surface area (TPSA) is 78.9 Å². The number of hydrogen-bond acceptors (Lipinski definition) is 5. The number of aromatic nitrogens is 4. The largest absolute Gasteiger partial charge is 0.491 e. The number of hydrogen-bond donors (Lipinski definition) is 1. The summed E-state index contributed by atoms with van der Waals surface area (Å²) in [5.41, 5.74) is 6.48. The molecule has 2 aromatic rings. The molecule has 108 valence electrons. The second-order valence-corrected chi connectivity index (χ2v) is 4.91. The van der Waals surface area contributed by atoms with Crippen LogP contribution in [0.2, 0.25) is 0 Å². The van der Waals surface area contributed by atoms with Crippen LogP contribution in [0, 0.1) is 0 Å². The molecule has 0 aliphatic carbocycles. The summed E-state index contributed by atoms with van der Waals surface area (Å²) in [5, 5.41) is 11.9.